The Hall–Kier alpha value is -2.91. The minimum absolute atomic E-state index is 0.0192. The molecule has 0 bridgehead atoms. The molecule has 1 heterocycles. The molecule has 4 rings (SSSR count). The van der Waals surface area contributed by atoms with Crippen LogP contribution >= 0.6 is 0 Å². The Labute approximate surface area is 154 Å². The molecule has 3 heteroatoms. The van der Waals surface area contributed by atoms with Gasteiger partial charge < -0.3 is 5.32 Å². The normalized spacial score (nSPS) is 13.4. The molecule has 3 nitrogen and oxygen atoms in total. The highest BCUT2D eigenvalue weighted by Crippen LogP contribution is 2.32. The zero-order valence-corrected chi connectivity index (χ0v) is 14.9. The Morgan fingerprint density at radius 1 is 0.846 bits per heavy atom. The van der Waals surface area contributed by atoms with Crippen LogP contribution in [0.4, 0.5) is 5.69 Å². The Bertz CT molecular complexity index is 883. The monoisotopic (exact) mass is 342 g/mol. The molecule has 1 amide bonds. The lowest BCUT2D eigenvalue weighted by Gasteiger charge is -2.20. The van der Waals surface area contributed by atoms with Gasteiger partial charge in [0.15, 0.2) is 0 Å². The van der Waals surface area contributed by atoms with Crippen LogP contribution in [0, 0.1) is 6.92 Å². The first kappa shape index (κ1) is 16.6. The van der Waals surface area contributed by atoms with Crippen LogP contribution in [-0.2, 0) is 17.9 Å². The van der Waals surface area contributed by atoms with Crippen molar-refractivity contribution < 1.29 is 4.79 Å². The third kappa shape index (κ3) is 3.53. The topological polar surface area (TPSA) is 32.3 Å². The molecule has 0 aromatic heterocycles. The first-order chi connectivity index (χ1) is 12.7. The van der Waals surface area contributed by atoms with Crippen molar-refractivity contribution in [2.24, 2.45) is 0 Å². The second-order valence-electron chi connectivity index (χ2n) is 6.87. The van der Waals surface area contributed by atoms with Crippen LogP contribution in [0.15, 0.2) is 72.8 Å². The van der Waals surface area contributed by atoms with E-state index >= 15 is 0 Å². The van der Waals surface area contributed by atoms with Gasteiger partial charge >= 0.3 is 0 Å². The maximum absolute atomic E-state index is 12.5. The number of anilines is 1. The number of nitrogens with zero attached hydrogens (tertiary/aromatic N) is 1. The van der Waals surface area contributed by atoms with Crippen LogP contribution in [0.1, 0.15) is 16.7 Å². The molecule has 0 fully saturated rings. The Morgan fingerprint density at radius 2 is 1.38 bits per heavy atom. The summed E-state index contributed by atoms with van der Waals surface area (Å²) in [5, 5.41) is 3.00. The summed E-state index contributed by atoms with van der Waals surface area (Å²) in [6.45, 7) is 3.95. The van der Waals surface area contributed by atoms with Crippen LogP contribution in [0.3, 0.4) is 0 Å². The zero-order valence-electron chi connectivity index (χ0n) is 14.9. The van der Waals surface area contributed by atoms with E-state index in [2.05, 4.69) is 58.7 Å². The summed E-state index contributed by atoms with van der Waals surface area (Å²) < 4.78 is 0. The van der Waals surface area contributed by atoms with E-state index in [0.29, 0.717) is 6.54 Å². The Morgan fingerprint density at radius 3 is 1.96 bits per heavy atom. The number of hydrogen-bond acceptors (Lipinski definition) is 2. The van der Waals surface area contributed by atoms with E-state index in [-0.39, 0.29) is 5.91 Å². The molecule has 130 valence electrons. The predicted octanol–water partition coefficient (Wildman–Crippen LogP) is 4.62. The molecular weight excluding hydrogens is 320 g/mol. The number of carbonyl (C=O) groups is 1. The van der Waals surface area contributed by atoms with E-state index in [1.807, 2.05) is 31.2 Å². The minimum Gasteiger partial charge on any atom is -0.325 e. The maximum Gasteiger partial charge on any atom is 0.238 e. The molecule has 0 unspecified atom stereocenters. The van der Waals surface area contributed by atoms with Crippen molar-refractivity contribution in [1.82, 2.24) is 4.90 Å². The summed E-state index contributed by atoms with van der Waals surface area (Å²) in [7, 11) is 0. The molecular formula is C23H22N2O. The highest BCUT2D eigenvalue weighted by Gasteiger charge is 2.20. The van der Waals surface area contributed by atoms with Crippen molar-refractivity contribution in [1.29, 1.82) is 0 Å². The van der Waals surface area contributed by atoms with Gasteiger partial charge in [-0.1, -0.05) is 66.2 Å². The third-order valence-electron chi connectivity index (χ3n) is 4.82. The lowest BCUT2D eigenvalue weighted by molar-refractivity contribution is -0.117. The predicted molar refractivity (Wildman–Crippen MR) is 106 cm³/mol. The van der Waals surface area contributed by atoms with Gasteiger partial charge in [-0.05, 0) is 41.3 Å². The number of rotatable bonds is 3. The van der Waals surface area contributed by atoms with Crippen LogP contribution in [0.5, 0.6) is 0 Å². The minimum atomic E-state index is 0.0192. The molecule has 0 spiro atoms. The van der Waals surface area contributed by atoms with Gasteiger partial charge in [0.25, 0.3) is 0 Å². The average molecular weight is 342 g/mol. The second kappa shape index (κ2) is 7.14. The number of aryl methyl sites for hydroxylation is 1. The van der Waals surface area contributed by atoms with E-state index in [0.717, 1.165) is 18.8 Å². The van der Waals surface area contributed by atoms with Gasteiger partial charge in [0, 0.05) is 18.8 Å². The Kier molecular flexibility index (Phi) is 4.55. The van der Waals surface area contributed by atoms with E-state index < -0.39 is 0 Å². The van der Waals surface area contributed by atoms with Crippen LogP contribution in [0.25, 0.3) is 11.1 Å². The van der Waals surface area contributed by atoms with Crippen molar-refractivity contribution >= 4 is 11.6 Å². The smallest absolute Gasteiger partial charge is 0.238 e. The van der Waals surface area contributed by atoms with Gasteiger partial charge in [0.2, 0.25) is 5.91 Å². The number of carbonyl (C=O) groups excluding carboxylic acids is 1. The van der Waals surface area contributed by atoms with Gasteiger partial charge in [-0.25, -0.2) is 0 Å². The number of nitrogens with one attached hydrogen (secondary N) is 1. The van der Waals surface area contributed by atoms with Gasteiger partial charge in [-0.15, -0.1) is 0 Å². The summed E-state index contributed by atoms with van der Waals surface area (Å²) in [5.74, 6) is 0.0192. The molecule has 26 heavy (non-hydrogen) atoms. The Balaban J connectivity index is 1.55. The fraction of sp³-hybridized carbons (Fsp3) is 0.174. The number of benzene rings is 3. The first-order valence-corrected chi connectivity index (χ1v) is 8.94. The number of fused-ring (bicyclic) bond motifs is 3. The van der Waals surface area contributed by atoms with Gasteiger partial charge in [-0.2, -0.15) is 0 Å². The summed E-state index contributed by atoms with van der Waals surface area (Å²) in [6.07, 6.45) is 0. The summed E-state index contributed by atoms with van der Waals surface area (Å²) >= 11 is 0. The van der Waals surface area contributed by atoms with E-state index in [4.69, 9.17) is 0 Å². The molecule has 1 aliphatic heterocycles. The maximum atomic E-state index is 12.5. The van der Waals surface area contributed by atoms with E-state index in [1.54, 1.807) is 0 Å². The number of hydrogen-bond donors (Lipinski definition) is 1. The third-order valence-corrected chi connectivity index (χ3v) is 4.82. The zero-order chi connectivity index (χ0) is 17.9. The number of amides is 1. The van der Waals surface area contributed by atoms with Crippen molar-refractivity contribution in [3.63, 3.8) is 0 Å². The largest absolute Gasteiger partial charge is 0.325 e. The summed E-state index contributed by atoms with van der Waals surface area (Å²) in [5.41, 5.74) is 7.09. The molecule has 0 radical (unpaired) electrons. The van der Waals surface area contributed by atoms with Crippen LogP contribution < -0.4 is 5.32 Å². The fourth-order valence-corrected chi connectivity index (χ4v) is 3.53. The van der Waals surface area contributed by atoms with Crippen molar-refractivity contribution in [2.45, 2.75) is 20.0 Å². The SMILES string of the molecule is Cc1ccc(NC(=O)CN2Cc3ccccc3-c3ccccc3C2)cc1. The molecule has 1 N–H and O–H groups in total. The van der Waals surface area contributed by atoms with Crippen molar-refractivity contribution in [3.8, 4) is 11.1 Å². The molecule has 3 aromatic carbocycles. The average Bonchev–Trinajstić information content (AvgIpc) is 2.80. The highest BCUT2D eigenvalue weighted by atomic mass is 16.2. The van der Waals surface area contributed by atoms with E-state index in [1.165, 1.54) is 27.8 Å². The molecule has 0 saturated heterocycles. The first-order valence-electron chi connectivity index (χ1n) is 8.94. The molecule has 1 aliphatic rings. The fourth-order valence-electron chi connectivity index (χ4n) is 3.53. The second-order valence-corrected chi connectivity index (χ2v) is 6.87. The standard InChI is InChI=1S/C23H22N2O/c1-17-10-12-20(13-11-17)24-23(26)16-25-14-18-6-2-4-8-21(18)22-9-5-3-7-19(22)15-25/h2-13H,14-16H2,1H3,(H,24,26). The lowest BCUT2D eigenvalue weighted by atomic mass is 9.97. The lowest BCUT2D eigenvalue weighted by Crippen LogP contribution is -2.32. The van der Waals surface area contributed by atoms with Gasteiger partial charge in [-0.3, -0.25) is 9.69 Å². The van der Waals surface area contributed by atoms with Crippen LogP contribution in [-0.4, -0.2) is 17.4 Å². The molecule has 0 atom stereocenters. The van der Waals surface area contributed by atoms with Crippen molar-refractivity contribution in [2.75, 3.05) is 11.9 Å². The molecule has 0 aliphatic carbocycles. The highest BCUT2D eigenvalue weighted by molar-refractivity contribution is 5.92. The quantitative estimate of drug-likeness (QED) is 0.753. The van der Waals surface area contributed by atoms with Gasteiger partial charge in [0.1, 0.15) is 0 Å². The van der Waals surface area contributed by atoms with Crippen LogP contribution in [0.2, 0.25) is 0 Å². The summed E-state index contributed by atoms with van der Waals surface area (Å²) in [6, 6.07) is 24.8. The van der Waals surface area contributed by atoms with Gasteiger partial charge in [0.05, 0.1) is 6.54 Å². The molecule has 0 saturated carbocycles. The van der Waals surface area contributed by atoms with E-state index in [9.17, 15) is 4.79 Å². The molecule has 3 aromatic rings. The summed E-state index contributed by atoms with van der Waals surface area (Å²) in [4.78, 5) is 14.8. The van der Waals surface area contributed by atoms with Crippen molar-refractivity contribution in [3.05, 3.63) is 89.5 Å².